The molecular weight excluding hydrogens is 401 g/mol. The molecule has 1 aromatic carbocycles. The lowest BCUT2D eigenvalue weighted by Gasteiger charge is -2.23. The summed E-state index contributed by atoms with van der Waals surface area (Å²) in [7, 11) is 0. The van der Waals surface area contributed by atoms with Crippen LogP contribution in [-0.2, 0) is 15.1 Å². The number of carbonyl (C=O) groups is 3. The second kappa shape index (κ2) is 9.14. The van der Waals surface area contributed by atoms with Crippen LogP contribution in [0.3, 0.4) is 0 Å². The molecule has 1 aliphatic rings. The zero-order valence-corrected chi connectivity index (χ0v) is 18.2. The summed E-state index contributed by atoms with van der Waals surface area (Å²) >= 11 is 12.1. The number of amides is 4. The fourth-order valence-corrected chi connectivity index (χ4v) is 3.88. The van der Waals surface area contributed by atoms with Crippen LogP contribution in [0.25, 0.3) is 0 Å². The highest BCUT2D eigenvalue weighted by molar-refractivity contribution is 6.35. The van der Waals surface area contributed by atoms with Crippen molar-refractivity contribution >= 4 is 41.0 Å². The summed E-state index contributed by atoms with van der Waals surface area (Å²) in [4.78, 5) is 38.5. The van der Waals surface area contributed by atoms with Gasteiger partial charge in [-0.15, -0.1) is 0 Å². The second-order valence-electron chi connectivity index (χ2n) is 7.86. The molecule has 0 spiro atoms. The summed E-state index contributed by atoms with van der Waals surface area (Å²) in [5.41, 5.74) is -0.913. The van der Waals surface area contributed by atoms with E-state index in [0.717, 1.165) is 24.2 Å². The quantitative estimate of drug-likeness (QED) is 0.613. The summed E-state index contributed by atoms with van der Waals surface area (Å²) in [5, 5.41) is 6.19. The van der Waals surface area contributed by atoms with Crippen LogP contribution < -0.4 is 10.6 Å². The summed E-state index contributed by atoms with van der Waals surface area (Å²) in [6.45, 7) is 7.46. The van der Waals surface area contributed by atoms with Crippen LogP contribution >= 0.6 is 23.2 Å². The lowest BCUT2D eigenvalue weighted by atomic mass is 9.92. The van der Waals surface area contributed by atoms with Gasteiger partial charge in [0.05, 0.1) is 0 Å². The maximum Gasteiger partial charge on any atom is 0.325 e. The van der Waals surface area contributed by atoms with Crippen LogP contribution in [0.2, 0.25) is 10.0 Å². The molecule has 0 aromatic heterocycles. The maximum absolute atomic E-state index is 12.9. The number of nitrogens with one attached hydrogen (secondary N) is 2. The van der Waals surface area contributed by atoms with Crippen molar-refractivity contribution in [3.05, 3.63) is 33.8 Å². The van der Waals surface area contributed by atoms with Crippen molar-refractivity contribution in [3.8, 4) is 0 Å². The Labute approximate surface area is 175 Å². The van der Waals surface area contributed by atoms with E-state index < -0.39 is 17.5 Å². The van der Waals surface area contributed by atoms with Crippen LogP contribution in [0, 0.1) is 5.92 Å². The molecule has 2 N–H and O–H groups in total. The van der Waals surface area contributed by atoms with E-state index in [0.29, 0.717) is 16.5 Å². The Morgan fingerprint density at radius 3 is 2.50 bits per heavy atom. The van der Waals surface area contributed by atoms with Gasteiger partial charge in [-0.2, -0.15) is 0 Å². The van der Waals surface area contributed by atoms with E-state index in [1.165, 1.54) is 6.07 Å². The molecule has 4 amide bonds. The molecule has 2 atom stereocenters. The first kappa shape index (κ1) is 22.5. The molecule has 28 heavy (non-hydrogen) atoms. The number of hydrogen-bond donors (Lipinski definition) is 2. The number of imide groups is 1. The van der Waals surface area contributed by atoms with Gasteiger partial charge in [-0.05, 0) is 38.3 Å². The van der Waals surface area contributed by atoms with Gasteiger partial charge in [-0.3, -0.25) is 14.5 Å². The Bertz CT molecular complexity index is 769. The number of carbonyl (C=O) groups excluding carboxylic acids is 3. The van der Waals surface area contributed by atoms with Gasteiger partial charge in [-0.25, -0.2) is 4.79 Å². The molecule has 8 heteroatoms. The van der Waals surface area contributed by atoms with E-state index in [1.807, 2.05) is 6.92 Å². The standard InChI is InChI=1S/C20H27Cl2N3O3/c1-12(2)6-5-7-13(3)23-17(26)11-25-18(27)20(4,24-19(25)28)15-9-8-14(21)10-16(15)22/h8-10,12-13H,5-7,11H2,1-4H3,(H,23,26)(H,24,28)/t13-,20-/m1/s1. The molecule has 1 saturated heterocycles. The number of rotatable bonds is 8. The fraction of sp³-hybridized carbons (Fsp3) is 0.550. The lowest BCUT2D eigenvalue weighted by molar-refractivity contribution is -0.135. The van der Waals surface area contributed by atoms with E-state index in [1.54, 1.807) is 19.1 Å². The normalized spacial score (nSPS) is 20.5. The van der Waals surface area contributed by atoms with E-state index in [2.05, 4.69) is 24.5 Å². The van der Waals surface area contributed by atoms with E-state index in [-0.39, 0.29) is 23.5 Å². The third-order valence-electron chi connectivity index (χ3n) is 4.87. The Morgan fingerprint density at radius 1 is 1.21 bits per heavy atom. The van der Waals surface area contributed by atoms with Gasteiger partial charge < -0.3 is 10.6 Å². The average Bonchev–Trinajstić information content (AvgIpc) is 2.78. The van der Waals surface area contributed by atoms with Gasteiger partial charge in [0.2, 0.25) is 5.91 Å². The van der Waals surface area contributed by atoms with Gasteiger partial charge in [0.15, 0.2) is 0 Å². The van der Waals surface area contributed by atoms with Crippen LogP contribution in [0.1, 0.15) is 52.5 Å². The largest absolute Gasteiger partial charge is 0.352 e. The molecule has 0 bridgehead atoms. The molecule has 2 rings (SSSR count). The first-order valence-corrected chi connectivity index (χ1v) is 10.2. The van der Waals surface area contributed by atoms with Crippen molar-refractivity contribution in [1.29, 1.82) is 0 Å². The number of hydrogen-bond acceptors (Lipinski definition) is 3. The van der Waals surface area contributed by atoms with Gasteiger partial charge in [0.25, 0.3) is 5.91 Å². The summed E-state index contributed by atoms with van der Waals surface area (Å²) in [6, 6.07) is 4.06. The highest BCUT2D eigenvalue weighted by Crippen LogP contribution is 2.34. The number of benzene rings is 1. The van der Waals surface area contributed by atoms with Crippen molar-refractivity contribution in [2.45, 2.75) is 58.5 Å². The van der Waals surface area contributed by atoms with Crippen molar-refractivity contribution in [3.63, 3.8) is 0 Å². The third kappa shape index (κ3) is 5.17. The molecule has 1 aromatic rings. The highest BCUT2D eigenvalue weighted by Gasteiger charge is 2.50. The molecule has 1 aliphatic heterocycles. The van der Waals surface area contributed by atoms with Crippen molar-refractivity contribution in [1.82, 2.24) is 15.5 Å². The second-order valence-corrected chi connectivity index (χ2v) is 8.71. The summed E-state index contributed by atoms with van der Waals surface area (Å²) < 4.78 is 0. The molecule has 1 fully saturated rings. The minimum absolute atomic E-state index is 0.0240. The first-order chi connectivity index (χ1) is 13.0. The SMILES string of the molecule is CC(C)CCC[C@@H](C)NC(=O)CN1C(=O)N[C@](C)(c2ccc(Cl)cc2Cl)C1=O. The molecule has 6 nitrogen and oxygen atoms in total. The number of urea groups is 1. The Kier molecular flexibility index (Phi) is 7.34. The topological polar surface area (TPSA) is 78.5 Å². The van der Waals surface area contributed by atoms with Gasteiger partial charge in [0, 0.05) is 21.7 Å². The minimum atomic E-state index is -1.35. The van der Waals surface area contributed by atoms with Crippen LogP contribution in [0.15, 0.2) is 18.2 Å². The average molecular weight is 428 g/mol. The smallest absolute Gasteiger partial charge is 0.325 e. The summed E-state index contributed by atoms with van der Waals surface area (Å²) in [6.07, 6.45) is 2.95. The molecule has 0 saturated carbocycles. The Hall–Kier alpha value is -1.79. The predicted molar refractivity (Wildman–Crippen MR) is 110 cm³/mol. The van der Waals surface area contributed by atoms with Gasteiger partial charge >= 0.3 is 6.03 Å². The van der Waals surface area contributed by atoms with Crippen LogP contribution in [-0.4, -0.2) is 35.3 Å². The molecule has 0 unspecified atom stereocenters. The van der Waals surface area contributed by atoms with E-state index >= 15 is 0 Å². The Morgan fingerprint density at radius 2 is 1.89 bits per heavy atom. The fourth-order valence-electron chi connectivity index (χ4n) is 3.29. The third-order valence-corrected chi connectivity index (χ3v) is 5.42. The van der Waals surface area contributed by atoms with Gasteiger partial charge in [-0.1, -0.05) is 56.0 Å². The Balaban J connectivity index is 2.02. The first-order valence-electron chi connectivity index (χ1n) is 9.43. The minimum Gasteiger partial charge on any atom is -0.352 e. The van der Waals surface area contributed by atoms with E-state index in [9.17, 15) is 14.4 Å². The molecule has 1 heterocycles. The van der Waals surface area contributed by atoms with Crippen LogP contribution in [0.4, 0.5) is 4.79 Å². The zero-order chi connectivity index (χ0) is 21.1. The number of nitrogens with zero attached hydrogens (tertiary/aromatic N) is 1. The van der Waals surface area contributed by atoms with Crippen molar-refractivity contribution in [2.75, 3.05) is 6.54 Å². The van der Waals surface area contributed by atoms with Crippen LogP contribution in [0.5, 0.6) is 0 Å². The van der Waals surface area contributed by atoms with E-state index in [4.69, 9.17) is 23.2 Å². The predicted octanol–water partition coefficient (Wildman–Crippen LogP) is 4.09. The lowest BCUT2D eigenvalue weighted by Crippen LogP contribution is -2.45. The van der Waals surface area contributed by atoms with Gasteiger partial charge in [0.1, 0.15) is 12.1 Å². The molecular formula is C20H27Cl2N3O3. The highest BCUT2D eigenvalue weighted by atomic mass is 35.5. The molecule has 154 valence electrons. The molecule has 0 aliphatic carbocycles. The maximum atomic E-state index is 12.9. The monoisotopic (exact) mass is 427 g/mol. The molecule has 0 radical (unpaired) electrons. The van der Waals surface area contributed by atoms with Crippen molar-refractivity contribution < 1.29 is 14.4 Å². The number of halogens is 2. The summed E-state index contributed by atoms with van der Waals surface area (Å²) in [5.74, 6) is -0.275. The zero-order valence-electron chi connectivity index (χ0n) is 16.6. The van der Waals surface area contributed by atoms with Crippen molar-refractivity contribution in [2.24, 2.45) is 5.92 Å².